The van der Waals surface area contributed by atoms with Crippen molar-refractivity contribution in [1.82, 2.24) is 14.9 Å². The minimum absolute atomic E-state index is 0.137. The molecule has 1 amide bonds. The van der Waals surface area contributed by atoms with Crippen LogP contribution in [0.1, 0.15) is 57.5 Å². The third-order valence-electron chi connectivity index (χ3n) is 5.16. The predicted molar refractivity (Wildman–Crippen MR) is 88.3 cm³/mol. The molecule has 3 heterocycles. The van der Waals surface area contributed by atoms with Gasteiger partial charge in [-0.15, -0.1) is 0 Å². The van der Waals surface area contributed by atoms with Crippen LogP contribution in [-0.2, 0) is 6.42 Å². The molecule has 1 saturated heterocycles. The maximum absolute atomic E-state index is 13.2. The molecule has 2 aliphatic heterocycles. The summed E-state index contributed by atoms with van der Waals surface area (Å²) in [5, 5.41) is 0. The molecule has 1 aromatic carbocycles. The number of hydrogen-bond acceptors (Lipinski definition) is 3. The number of fused-ring (bicyclic) bond motifs is 4. The molecule has 118 valence electrons. The van der Waals surface area contributed by atoms with E-state index in [9.17, 15) is 4.79 Å². The van der Waals surface area contributed by atoms with Crippen LogP contribution in [0.2, 0.25) is 0 Å². The predicted octanol–water partition coefficient (Wildman–Crippen LogP) is 3.30. The first-order chi connectivity index (χ1) is 11.0. The van der Waals surface area contributed by atoms with E-state index in [1.807, 2.05) is 32.2 Å². The lowest BCUT2D eigenvalue weighted by molar-refractivity contribution is 0.0643. The summed E-state index contributed by atoms with van der Waals surface area (Å²) in [6.07, 6.45) is 4.84. The van der Waals surface area contributed by atoms with Crippen molar-refractivity contribution in [3.8, 4) is 0 Å². The quantitative estimate of drug-likeness (QED) is 0.812. The molecule has 0 unspecified atom stereocenters. The Labute approximate surface area is 136 Å². The molecule has 0 saturated carbocycles. The number of carbonyl (C=O) groups is 1. The van der Waals surface area contributed by atoms with Crippen LogP contribution in [0.25, 0.3) is 0 Å². The molecular weight excluding hydrogens is 286 g/mol. The SMILES string of the molecule is Cc1ccc(C(=O)N2[C@H]3CC[C@@H]2c2cnc(C)nc2C3)c(C)c1. The van der Waals surface area contributed by atoms with Crippen molar-refractivity contribution < 1.29 is 4.79 Å². The summed E-state index contributed by atoms with van der Waals surface area (Å²) in [6, 6.07) is 6.48. The Morgan fingerprint density at radius 3 is 2.83 bits per heavy atom. The van der Waals surface area contributed by atoms with Gasteiger partial charge in [-0.05, 0) is 45.2 Å². The maximum atomic E-state index is 13.2. The van der Waals surface area contributed by atoms with Crippen molar-refractivity contribution in [2.75, 3.05) is 0 Å². The van der Waals surface area contributed by atoms with Crippen LogP contribution in [0.3, 0.4) is 0 Å². The number of aryl methyl sites for hydroxylation is 3. The van der Waals surface area contributed by atoms with Gasteiger partial charge in [0.1, 0.15) is 5.82 Å². The van der Waals surface area contributed by atoms with Gasteiger partial charge in [0.25, 0.3) is 5.91 Å². The third-order valence-corrected chi connectivity index (χ3v) is 5.16. The highest BCUT2D eigenvalue weighted by Crippen LogP contribution is 2.43. The minimum atomic E-state index is 0.137. The van der Waals surface area contributed by atoms with Crippen molar-refractivity contribution in [3.63, 3.8) is 0 Å². The number of rotatable bonds is 1. The van der Waals surface area contributed by atoms with E-state index in [0.29, 0.717) is 0 Å². The standard InChI is InChI=1S/C19H21N3O/c1-11-4-6-15(12(2)8-11)19(23)22-14-5-7-18(22)16-10-20-13(3)21-17(16)9-14/h4,6,8,10,14,18H,5,7,9H2,1-3H3/t14-,18+/m0/s1. The highest BCUT2D eigenvalue weighted by Gasteiger charge is 2.43. The topological polar surface area (TPSA) is 46.1 Å². The van der Waals surface area contributed by atoms with Crippen molar-refractivity contribution in [2.45, 2.75) is 52.1 Å². The summed E-state index contributed by atoms with van der Waals surface area (Å²) < 4.78 is 0. The zero-order valence-electron chi connectivity index (χ0n) is 13.8. The summed E-state index contributed by atoms with van der Waals surface area (Å²) in [4.78, 5) is 24.2. The van der Waals surface area contributed by atoms with Crippen molar-refractivity contribution >= 4 is 5.91 Å². The van der Waals surface area contributed by atoms with Crippen molar-refractivity contribution in [1.29, 1.82) is 0 Å². The van der Waals surface area contributed by atoms with E-state index >= 15 is 0 Å². The second-order valence-corrected chi connectivity index (χ2v) is 6.80. The highest BCUT2D eigenvalue weighted by atomic mass is 16.2. The zero-order chi connectivity index (χ0) is 16.1. The molecule has 1 fully saturated rings. The first kappa shape index (κ1) is 14.4. The smallest absolute Gasteiger partial charge is 0.254 e. The minimum Gasteiger partial charge on any atom is -0.328 e. The monoisotopic (exact) mass is 307 g/mol. The normalized spacial score (nSPS) is 22.1. The van der Waals surface area contributed by atoms with E-state index in [4.69, 9.17) is 0 Å². The number of benzene rings is 1. The summed E-state index contributed by atoms with van der Waals surface area (Å²) in [6.45, 7) is 6.00. The Balaban J connectivity index is 1.73. The second-order valence-electron chi connectivity index (χ2n) is 6.80. The second kappa shape index (κ2) is 5.15. The molecule has 2 aromatic rings. The van der Waals surface area contributed by atoms with E-state index in [0.717, 1.165) is 47.5 Å². The molecule has 0 spiro atoms. The molecule has 2 atom stereocenters. The van der Waals surface area contributed by atoms with Crippen LogP contribution >= 0.6 is 0 Å². The van der Waals surface area contributed by atoms with Crippen LogP contribution in [-0.4, -0.2) is 26.8 Å². The van der Waals surface area contributed by atoms with Gasteiger partial charge in [-0.1, -0.05) is 17.7 Å². The van der Waals surface area contributed by atoms with Gasteiger partial charge in [0.15, 0.2) is 0 Å². The molecule has 0 N–H and O–H groups in total. The van der Waals surface area contributed by atoms with Gasteiger partial charge in [0, 0.05) is 29.8 Å². The largest absolute Gasteiger partial charge is 0.328 e. The Bertz CT molecular complexity index is 799. The Hall–Kier alpha value is -2.23. The van der Waals surface area contributed by atoms with Crippen LogP contribution in [0.5, 0.6) is 0 Å². The molecule has 4 heteroatoms. The fourth-order valence-electron chi connectivity index (χ4n) is 4.08. The molecule has 23 heavy (non-hydrogen) atoms. The maximum Gasteiger partial charge on any atom is 0.254 e. The van der Waals surface area contributed by atoms with E-state index in [-0.39, 0.29) is 18.0 Å². The van der Waals surface area contributed by atoms with Crippen LogP contribution < -0.4 is 0 Å². The van der Waals surface area contributed by atoms with E-state index in [2.05, 4.69) is 27.9 Å². The van der Waals surface area contributed by atoms with E-state index < -0.39 is 0 Å². The van der Waals surface area contributed by atoms with Gasteiger partial charge in [0.05, 0.1) is 11.7 Å². The van der Waals surface area contributed by atoms with Gasteiger partial charge < -0.3 is 4.90 Å². The first-order valence-electron chi connectivity index (χ1n) is 8.27. The van der Waals surface area contributed by atoms with Crippen LogP contribution in [0, 0.1) is 20.8 Å². The summed E-state index contributed by atoms with van der Waals surface area (Å²) in [5.41, 5.74) is 5.34. The number of hydrogen-bond donors (Lipinski definition) is 0. The summed E-state index contributed by atoms with van der Waals surface area (Å²) in [7, 11) is 0. The summed E-state index contributed by atoms with van der Waals surface area (Å²) >= 11 is 0. The Morgan fingerprint density at radius 2 is 2.04 bits per heavy atom. The molecule has 0 radical (unpaired) electrons. The lowest BCUT2D eigenvalue weighted by Crippen LogP contribution is -2.42. The average molecular weight is 307 g/mol. The molecule has 2 bridgehead atoms. The van der Waals surface area contributed by atoms with Crippen molar-refractivity contribution in [3.05, 3.63) is 58.2 Å². The number of nitrogens with zero attached hydrogens (tertiary/aromatic N) is 3. The van der Waals surface area contributed by atoms with E-state index in [1.54, 1.807) is 0 Å². The van der Waals surface area contributed by atoms with E-state index in [1.165, 1.54) is 5.56 Å². The van der Waals surface area contributed by atoms with Gasteiger partial charge in [-0.25, -0.2) is 9.97 Å². The Kier molecular flexibility index (Phi) is 3.22. The molecule has 4 nitrogen and oxygen atoms in total. The van der Waals surface area contributed by atoms with Crippen molar-refractivity contribution in [2.24, 2.45) is 0 Å². The summed E-state index contributed by atoms with van der Waals surface area (Å²) in [5.74, 6) is 0.971. The average Bonchev–Trinajstić information content (AvgIpc) is 2.82. The number of aromatic nitrogens is 2. The first-order valence-corrected chi connectivity index (χ1v) is 8.27. The molecule has 1 aromatic heterocycles. The molecule has 0 aliphatic carbocycles. The van der Waals surface area contributed by atoms with Gasteiger partial charge in [-0.2, -0.15) is 0 Å². The fraction of sp³-hybridized carbons (Fsp3) is 0.421. The van der Waals surface area contributed by atoms with Gasteiger partial charge in [0.2, 0.25) is 0 Å². The lowest BCUT2D eigenvalue weighted by Gasteiger charge is -2.36. The Morgan fingerprint density at radius 1 is 1.22 bits per heavy atom. The van der Waals surface area contributed by atoms with Crippen LogP contribution in [0.4, 0.5) is 0 Å². The number of carbonyl (C=O) groups excluding carboxylic acids is 1. The highest BCUT2D eigenvalue weighted by molar-refractivity contribution is 5.96. The third kappa shape index (κ3) is 2.24. The molecular formula is C19H21N3O. The zero-order valence-corrected chi connectivity index (χ0v) is 13.8. The van der Waals surface area contributed by atoms with Crippen LogP contribution in [0.15, 0.2) is 24.4 Å². The molecule has 4 rings (SSSR count). The lowest BCUT2D eigenvalue weighted by atomic mass is 9.96. The van der Waals surface area contributed by atoms with Gasteiger partial charge >= 0.3 is 0 Å². The number of amides is 1. The van der Waals surface area contributed by atoms with Gasteiger partial charge in [-0.3, -0.25) is 4.79 Å². The molecule has 2 aliphatic rings. The fourth-order valence-corrected chi connectivity index (χ4v) is 4.08.